The van der Waals surface area contributed by atoms with E-state index in [0.717, 1.165) is 12.8 Å². The van der Waals surface area contributed by atoms with Crippen LogP contribution in [0.15, 0.2) is 24.3 Å². The number of unbranched alkanes of at least 4 members (excludes halogenated alkanes) is 3. The fourth-order valence-corrected chi connectivity index (χ4v) is 2.63. The van der Waals surface area contributed by atoms with Gasteiger partial charge in [0.2, 0.25) is 0 Å². The van der Waals surface area contributed by atoms with Gasteiger partial charge in [-0.15, -0.1) is 0 Å². The van der Waals surface area contributed by atoms with Crippen LogP contribution in [0.3, 0.4) is 0 Å². The topological polar surface area (TPSA) is 52.4 Å². The molecule has 1 aromatic carbocycles. The average molecular weight is 297 g/mol. The van der Waals surface area contributed by atoms with Crippen LogP contribution in [0.5, 0.6) is 5.75 Å². The third-order valence-electron chi connectivity index (χ3n) is 2.81. The summed E-state index contributed by atoms with van der Waals surface area (Å²) in [7, 11) is 0. The Labute approximate surface area is 125 Å². The van der Waals surface area contributed by atoms with E-state index in [1.165, 1.54) is 24.7 Å². The number of benzene rings is 1. The molecule has 0 aliphatic rings. The lowest BCUT2D eigenvalue weighted by Crippen LogP contribution is -2.00. The van der Waals surface area contributed by atoms with E-state index in [4.69, 9.17) is 4.74 Å². The van der Waals surface area contributed by atoms with Gasteiger partial charge in [-0.3, -0.25) is 10.1 Å². The van der Waals surface area contributed by atoms with Gasteiger partial charge in [-0.25, -0.2) is 0 Å². The van der Waals surface area contributed by atoms with Crippen molar-refractivity contribution in [2.24, 2.45) is 0 Å². The summed E-state index contributed by atoms with van der Waals surface area (Å²) >= 11 is 1.99. The fourth-order valence-electron chi connectivity index (χ4n) is 1.79. The SMILES string of the molecule is CC(C)SCCCCCCOc1ccccc1[N+](=O)[O-]. The standard InChI is InChI=1S/C15H23NO3S/c1-13(2)20-12-8-4-3-7-11-19-15-10-6-5-9-14(15)16(17)18/h5-6,9-10,13H,3-4,7-8,11-12H2,1-2H3. The van der Waals surface area contributed by atoms with Crippen molar-refractivity contribution in [3.8, 4) is 5.75 Å². The van der Waals surface area contributed by atoms with Crippen molar-refractivity contribution in [1.29, 1.82) is 0 Å². The lowest BCUT2D eigenvalue weighted by atomic mass is 10.2. The highest BCUT2D eigenvalue weighted by Crippen LogP contribution is 2.25. The molecule has 0 radical (unpaired) electrons. The van der Waals surface area contributed by atoms with Gasteiger partial charge >= 0.3 is 5.69 Å². The summed E-state index contributed by atoms with van der Waals surface area (Å²) in [6.45, 7) is 4.97. The van der Waals surface area contributed by atoms with Crippen LogP contribution in [-0.2, 0) is 0 Å². The number of nitro groups is 1. The molecule has 0 saturated heterocycles. The lowest BCUT2D eigenvalue weighted by molar-refractivity contribution is -0.385. The summed E-state index contributed by atoms with van der Waals surface area (Å²) in [5.74, 6) is 1.58. The molecule has 0 amide bonds. The molecule has 0 unspecified atom stereocenters. The molecule has 20 heavy (non-hydrogen) atoms. The van der Waals surface area contributed by atoms with E-state index in [2.05, 4.69) is 13.8 Å². The summed E-state index contributed by atoms with van der Waals surface area (Å²) in [6.07, 6.45) is 4.48. The Morgan fingerprint density at radius 3 is 2.60 bits per heavy atom. The van der Waals surface area contributed by atoms with Gasteiger partial charge < -0.3 is 4.74 Å². The van der Waals surface area contributed by atoms with Crippen LogP contribution in [0.2, 0.25) is 0 Å². The number of rotatable bonds is 10. The molecule has 0 aliphatic heterocycles. The molecule has 5 heteroatoms. The van der Waals surface area contributed by atoms with E-state index in [1.54, 1.807) is 18.2 Å². The van der Waals surface area contributed by atoms with Crippen molar-refractivity contribution in [2.75, 3.05) is 12.4 Å². The van der Waals surface area contributed by atoms with Gasteiger partial charge in [0.1, 0.15) is 0 Å². The average Bonchev–Trinajstić information content (AvgIpc) is 2.41. The largest absolute Gasteiger partial charge is 0.487 e. The Morgan fingerprint density at radius 2 is 1.90 bits per heavy atom. The Hall–Kier alpha value is -1.23. The lowest BCUT2D eigenvalue weighted by Gasteiger charge is -2.07. The molecule has 0 spiro atoms. The quantitative estimate of drug-likeness (QED) is 0.357. The predicted octanol–water partition coefficient (Wildman–Crippen LogP) is 4.68. The Bertz CT molecular complexity index is 410. The van der Waals surface area contributed by atoms with E-state index >= 15 is 0 Å². The minimum Gasteiger partial charge on any atom is -0.487 e. The van der Waals surface area contributed by atoms with Crippen LogP contribution >= 0.6 is 11.8 Å². The monoisotopic (exact) mass is 297 g/mol. The highest BCUT2D eigenvalue weighted by Gasteiger charge is 2.12. The summed E-state index contributed by atoms with van der Waals surface area (Å²) in [5.41, 5.74) is 0.0424. The van der Waals surface area contributed by atoms with Crippen molar-refractivity contribution in [2.45, 2.75) is 44.8 Å². The van der Waals surface area contributed by atoms with Gasteiger partial charge in [0.15, 0.2) is 5.75 Å². The number of para-hydroxylation sites is 2. The van der Waals surface area contributed by atoms with Crippen LogP contribution in [0, 0.1) is 10.1 Å². The maximum Gasteiger partial charge on any atom is 0.310 e. The molecule has 4 nitrogen and oxygen atoms in total. The first kappa shape index (κ1) is 16.8. The summed E-state index contributed by atoms with van der Waals surface area (Å²) < 4.78 is 5.50. The maximum atomic E-state index is 10.8. The summed E-state index contributed by atoms with van der Waals surface area (Å²) in [6, 6.07) is 6.53. The molecule has 0 heterocycles. The third kappa shape index (κ3) is 6.80. The second-order valence-corrected chi connectivity index (χ2v) is 6.59. The summed E-state index contributed by atoms with van der Waals surface area (Å²) in [5, 5.41) is 11.5. The molecule has 0 atom stereocenters. The molecular weight excluding hydrogens is 274 g/mol. The highest BCUT2D eigenvalue weighted by atomic mass is 32.2. The molecule has 0 aliphatic carbocycles. The zero-order valence-corrected chi connectivity index (χ0v) is 13.0. The summed E-state index contributed by atoms with van der Waals surface area (Å²) in [4.78, 5) is 10.4. The first-order valence-corrected chi connectivity index (χ1v) is 8.14. The van der Waals surface area contributed by atoms with Gasteiger partial charge in [0.25, 0.3) is 0 Å². The Morgan fingerprint density at radius 1 is 1.20 bits per heavy atom. The van der Waals surface area contributed by atoms with E-state index in [-0.39, 0.29) is 5.69 Å². The second-order valence-electron chi connectivity index (χ2n) is 4.91. The smallest absolute Gasteiger partial charge is 0.310 e. The van der Waals surface area contributed by atoms with Gasteiger partial charge in [-0.2, -0.15) is 11.8 Å². The number of hydrogen-bond donors (Lipinski definition) is 0. The highest BCUT2D eigenvalue weighted by molar-refractivity contribution is 7.99. The minimum absolute atomic E-state index is 0.0424. The van der Waals surface area contributed by atoms with Crippen LogP contribution in [0.4, 0.5) is 5.69 Å². The number of ether oxygens (including phenoxy) is 1. The molecular formula is C15H23NO3S. The molecule has 0 bridgehead atoms. The zero-order chi connectivity index (χ0) is 14.8. The van der Waals surface area contributed by atoms with Gasteiger partial charge in [-0.05, 0) is 29.9 Å². The van der Waals surface area contributed by atoms with Crippen molar-refractivity contribution in [3.63, 3.8) is 0 Å². The van der Waals surface area contributed by atoms with Crippen LogP contribution in [0.25, 0.3) is 0 Å². The third-order valence-corrected chi connectivity index (χ3v) is 4.00. The van der Waals surface area contributed by atoms with Crippen molar-refractivity contribution in [3.05, 3.63) is 34.4 Å². The maximum absolute atomic E-state index is 10.8. The molecule has 0 saturated carbocycles. The molecule has 0 fully saturated rings. The normalized spacial score (nSPS) is 10.8. The van der Waals surface area contributed by atoms with Crippen molar-refractivity contribution < 1.29 is 9.66 Å². The van der Waals surface area contributed by atoms with Crippen LogP contribution in [-0.4, -0.2) is 22.5 Å². The first-order chi connectivity index (χ1) is 9.61. The Balaban J connectivity index is 2.14. The molecule has 0 N–H and O–H groups in total. The van der Waals surface area contributed by atoms with Crippen molar-refractivity contribution in [1.82, 2.24) is 0 Å². The predicted molar refractivity (Wildman–Crippen MR) is 84.7 cm³/mol. The first-order valence-electron chi connectivity index (χ1n) is 7.09. The molecule has 0 aromatic heterocycles. The Kier molecular flexibility index (Phi) is 8.11. The molecule has 112 valence electrons. The zero-order valence-electron chi connectivity index (χ0n) is 12.2. The van der Waals surface area contributed by atoms with Gasteiger partial charge in [0.05, 0.1) is 11.5 Å². The van der Waals surface area contributed by atoms with Crippen molar-refractivity contribution >= 4 is 17.4 Å². The van der Waals surface area contributed by atoms with E-state index in [0.29, 0.717) is 17.6 Å². The van der Waals surface area contributed by atoms with E-state index in [1.807, 2.05) is 11.8 Å². The van der Waals surface area contributed by atoms with E-state index in [9.17, 15) is 10.1 Å². The second kappa shape index (κ2) is 9.64. The molecule has 1 rings (SSSR count). The fraction of sp³-hybridized carbons (Fsp3) is 0.600. The van der Waals surface area contributed by atoms with Gasteiger partial charge in [-0.1, -0.05) is 38.8 Å². The molecule has 1 aromatic rings. The number of nitrogens with zero attached hydrogens (tertiary/aromatic N) is 1. The minimum atomic E-state index is -0.404. The number of thioether (sulfide) groups is 1. The van der Waals surface area contributed by atoms with Crippen LogP contribution < -0.4 is 4.74 Å². The number of nitro benzene ring substituents is 1. The van der Waals surface area contributed by atoms with Gasteiger partial charge in [0, 0.05) is 6.07 Å². The van der Waals surface area contributed by atoms with E-state index < -0.39 is 4.92 Å². The van der Waals surface area contributed by atoms with Crippen LogP contribution in [0.1, 0.15) is 39.5 Å². The number of hydrogen-bond acceptors (Lipinski definition) is 4.